The molecule has 3 heterocycles. The summed E-state index contributed by atoms with van der Waals surface area (Å²) in [5.74, 6) is 0.259. The topological polar surface area (TPSA) is 116 Å². The summed E-state index contributed by atoms with van der Waals surface area (Å²) >= 11 is 0. The molecular weight excluding hydrogens is 408 g/mol. The van der Waals surface area contributed by atoms with Gasteiger partial charge in [0.25, 0.3) is 0 Å². The first kappa shape index (κ1) is 20.2. The summed E-state index contributed by atoms with van der Waals surface area (Å²) in [4.78, 5) is 27.6. The SMILES string of the molecule is O=c1c([N+](=O)[O-])c(Nc2cccc(CS(=O)C3CCOCC3)c2)nc2ccccn12. The van der Waals surface area contributed by atoms with E-state index in [1.54, 1.807) is 36.4 Å². The lowest BCUT2D eigenvalue weighted by molar-refractivity contribution is -0.385. The molecule has 3 aromatic rings. The van der Waals surface area contributed by atoms with E-state index in [9.17, 15) is 19.1 Å². The van der Waals surface area contributed by atoms with Crippen LogP contribution in [0.25, 0.3) is 5.65 Å². The molecule has 0 bridgehead atoms. The number of anilines is 2. The van der Waals surface area contributed by atoms with Crippen molar-refractivity contribution in [2.24, 2.45) is 0 Å². The molecule has 1 N–H and O–H groups in total. The minimum Gasteiger partial charge on any atom is -0.381 e. The van der Waals surface area contributed by atoms with Gasteiger partial charge >= 0.3 is 11.2 Å². The van der Waals surface area contributed by atoms with Crippen molar-refractivity contribution in [3.8, 4) is 0 Å². The summed E-state index contributed by atoms with van der Waals surface area (Å²) in [7, 11) is -1.03. The zero-order valence-electron chi connectivity index (χ0n) is 16.0. The van der Waals surface area contributed by atoms with Crippen LogP contribution in [0.5, 0.6) is 0 Å². The standard InChI is InChI=1S/C20H20N4O5S/c25-20-18(24(26)27)19(22-17-6-1-2-9-23(17)20)21-15-5-3-4-14(12-15)13-30(28)16-7-10-29-11-8-16/h1-6,9,12,16,21H,7-8,10-11,13H2. The number of ether oxygens (including phenoxy) is 1. The Morgan fingerprint density at radius 3 is 2.80 bits per heavy atom. The molecule has 156 valence electrons. The fourth-order valence-corrected chi connectivity index (χ4v) is 4.89. The molecule has 0 amide bonds. The highest BCUT2D eigenvalue weighted by molar-refractivity contribution is 7.84. The van der Waals surface area contributed by atoms with E-state index in [0.29, 0.717) is 30.3 Å². The molecule has 1 unspecified atom stereocenters. The number of hydrogen-bond donors (Lipinski definition) is 1. The number of pyridine rings is 1. The van der Waals surface area contributed by atoms with Gasteiger partial charge in [-0.15, -0.1) is 0 Å². The average Bonchev–Trinajstić information content (AvgIpc) is 2.74. The van der Waals surface area contributed by atoms with E-state index < -0.39 is 27.0 Å². The molecule has 30 heavy (non-hydrogen) atoms. The molecule has 0 aliphatic carbocycles. The highest BCUT2D eigenvalue weighted by Gasteiger charge is 2.24. The Morgan fingerprint density at radius 1 is 1.23 bits per heavy atom. The van der Waals surface area contributed by atoms with Gasteiger partial charge in [-0.25, -0.2) is 4.98 Å². The van der Waals surface area contributed by atoms with Crippen molar-refractivity contribution in [2.75, 3.05) is 18.5 Å². The third-order valence-corrected chi connectivity index (χ3v) is 6.76. The van der Waals surface area contributed by atoms with Crippen molar-refractivity contribution < 1.29 is 13.9 Å². The van der Waals surface area contributed by atoms with E-state index >= 15 is 0 Å². The van der Waals surface area contributed by atoms with Crippen molar-refractivity contribution in [2.45, 2.75) is 23.8 Å². The van der Waals surface area contributed by atoms with E-state index in [1.807, 2.05) is 6.07 Å². The normalized spacial score (nSPS) is 15.7. The lowest BCUT2D eigenvalue weighted by Gasteiger charge is -2.21. The van der Waals surface area contributed by atoms with Crippen LogP contribution in [0.4, 0.5) is 17.2 Å². The predicted molar refractivity (Wildman–Crippen MR) is 114 cm³/mol. The molecule has 0 radical (unpaired) electrons. The third kappa shape index (κ3) is 4.24. The first-order valence-corrected chi connectivity index (χ1v) is 10.9. The molecule has 1 aliphatic rings. The van der Waals surface area contributed by atoms with Crippen LogP contribution in [-0.4, -0.2) is 37.0 Å². The monoisotopic (exact) mass is 428 g/mol. The van der Waals surface area contributed by atoms with Gasteiger partial charge < -0.3 is 10.1 Å². The molecule has 0 saturated carbocycles. The first-order valence-electron chi connectivity index (χ1n) is 9.49. The number of benzene rings is 1. The van der Waals surface area contributed by atoms with E-state index in [1.165, 1.54) is 6.20 Å². The van der Waals surface area contributed by atoms with E-state index in [4.69, 9.17) is 4.74 Å². The average molecular weight is 428 g/mol. The Balaban J connectivity index is 1.62. The zero-order valence-corrected chi connectivity index (χ0v) is 16.8. The molecule has 10 heteroatoms. The summed E-state index contributed by atoms with van der Waals surface area (Å²) in [5, 5.41) is 14.5. The van der Waals surface area contributed by atoms with Crippen molar-refractivity contribution in [1.29, 1.82) is 0 Å². The Morgan fingerprint density at radius 2 is 2.03 bits per heavy atom. The van der Waals surface area contributed by atoms with Gasteiger partial charge in [-0.1, -0.05) is 18.2 Å². The number of rotatable bonds is 6. The first-order chi connectivity index (χ1) is 14.5. The molecule has 1 fully saturated rings. The molecule has 0 spiro atoms. The Bertz CT molecular complexity index is 1170. The van der Waals surface area contributed by atoms with E-state index in [2.05, 4.69) is 10.3 Å². The highest BCUT2D eigenvalue weighted by atomic mass is 32.2. The summed E-state index contributed by atoms with van der Waals surface area (Å²) in [6.07, 6.45) is 3.00. The van der Waals surface area contributed by atoms with Crippen LogP contribution in [-0.2, 0) is 21.3 Å². The quantitative estimate of drug-likeness (QED) is 0.474. The lowest BCUT2D eigenvalue weighted by atomic mass is 10.2. The summed E-state index contributed by atoms with van der Waals surface area (Å²) < 4.78 is 19.1. The predicted octanol–water partition coefficient (Wildman–Crippen LogP) is 2.77. The maximum atomic E-state index is 12.7. The largest absolute Gasteiger partial charge is 0.381 e. The van der Waals surface area contributed by atoms with Crippen molar-refractivity contribution in [1.82, 2.24) is 9.38 Å². The van der Waals surface area contributed by atoms with Crippen molar-refractivity contribution in [3.63, 3.8) is 0 Å². The summed E-state index contributed by atoms with van der Waals surface area (Å²) in [6, 6.07) is 12.0. The fraction of sp³-hybridized carbons (Fsp3) is 0.300. The summed E-state index contributed by atoms with van der Waals surface area (Å²) in [5.41, 5.74) is 0.281. The van der Waals surface area contributed by atoms with Crippen LogP contribution in [0.1, 0.15) is 18.4 Å². The van der Waals surface area contributed by atoms with Gasteiger partial charge in [0.1, 0.15) is 5.65 Å². The number of nitro groups is 1. The van der Waals surface area contributed by atoms with Crippen molar-refractivity contribution >= 4 is 33.6 Å². The minimum atomic E-state index is -1.03. The fourth-order valence-electron chi connectivity index (χ4n) is 3.43. The van der Waals surface area contributed by atoms with Gasteiger partial charge in [-0.2, -0.15) is 0 Å². The molecular formula is C20H20N4O5S. The minimum absolute atomic E-state index is 0.110. The number of fused-ring (bicyclic) bond motifs is 1. The van der Waals surface area contributed by atoms with Gasteiger partial charge in [-0.3, -0.25) is 23.5 Å². The Kier molecular flexibility index (Phi) is 5.86. The van der Waals surface area contributed by atoms with Gasteiger partial charge in [0.15, 0.2) is 0 Å². The smallest absolute Gasteiger partial charge is 0.376 e. The second kappa shape index (κ2) is 8.72. The molecule has 9 nitrogen and oxygen atoms in total. The van der Waals surface area contributed by atoms with Gasteiger partial charge in [0, 0.05) is 46.9 Å². The maximum absolute atomic E-state index is 12.7. The second-order valence-corrected chi connectivity index (χ2v) is 8.68. The van der Waals surface area contributed by atoms with Crippen LogP contribution in [0, 0.1) is 10.1 Å². The summed E-state index contributed by atoms with van der Waals surface area (Å²) in [6.45, 7) is 1.26. The third-order valence-electron chi connectivity index (χ3n) is 4.93. The molecule has 1 atom stereocenters. The highest BCUT2D eigenvalue weighted by Crippen LogP contribution is 2.24. The maximum Gasteiger partial charge on any atom is 0.376 e. The van der Waals surface area contributed by atoms with Crippen molar-refractivity contribution in [3.05, 3.63) is 74.7 Å². The molecule has 2 aromatic heterocycles. The van der Waals surface area contributed by atoms with E-state index in [0.717, 1.165) is 22.8 Å². The van der Waals surface area contributed by atoms with Gasteiger partial charge in [-0.05, 0) is 42.7 Å². The lowest BCUT2D eigenvalue weighted by Crippen LogP contribution is -2.25. The van der Waals surface area contributed by atoms with Crippen LogP contribution in [0.3, 0.4) is 0 Å². The number of nitrogens with one attached hydrogen (secondary N) is 1. The molecule has 1 aromatic carbocycles. The van der Waals surface area contributed by atoms with Gasteiger partial charge in [0.2, 0.25) is 5.82 Å². The molecule has 1 saturated heterocycles. The second-order valence-electron chi connectivity index (χ2n) is 6.96. The van der Waals surface area contributed by atoms with E-state index in [-0.39, 0.29) is 11.1 Å². The molecule has 1 aliphatic heterocycles. The number of hydrogen-bond acceptors (Lipinski definition) is 7. The Hall–Kier alpha value is -3.11. The van der Waals surface area contributed by atoms with Crippen LogP contribution in [0.15, 0.2) is 53.5 Å². The number of aromatic nitrogens is 2. The van der Waals surface area contributed by atoms with Crippen LogP contribution < -0.4 is 10.9 Å². The molecule has 4 rings (SSSR count). The van der Waals surface area contributed by atoms with Crippen LogP contribution >= 0.6 is 0 Å². The van der Waals surface area contributed by atoms with Crippen LogP contribution in [0.2, 0.25) is 0 Å². The number of nitrogens with zero attached hydrogens (tertiary/aromatic N) is 3. The zero-order chi connectivity index (χ0) is 21.1. The Labute approximate surface area is 174 Å². The van der Waals surface area contributed by atoms with Gasteiger partial charge in [0.05, 0.1) is 4.92 Å².